The van der Waals surface area contributed by atoms with Gasteiger partial charge in [0.2, 0.25) is 0 Å². The van der Waals surface area contributed by atoms with Crippen LogP contribution in [0.5, 0.6) is 0 Å². The Balaban J connectivity index is 4.13. The van der Waals surface area contributed by atoms with Crippen LogP contribution in [0.1, 0.15) is 229 Å². The largest absolute Gasteiger partial charge is 0.466 e. The van der Waals surface area contributed by atoms with Gasteiger partial charge >= 0.3 is 17.9 Å². The fraction of sp³-hybridized carbons (Fsp3) is 0.917. The third-order valence-corrected chi connectivity index (χ3v) is 11.4. The molecule has 0 heterocycles. The molecule has 2 unspecified atom stereocenters. The van der Waals surface area contributed by atoms with E-state index in [2.05, 4.69) is 61.5 Å². The topological polar surface area (TPSA) is 103 Å². The van der Waals surface area contributed by atoms with Crippen LogP contribution in [0.3, 0.4) is 0 Å². The molecule has 55 heavy (non-hydrogen) atoms. The maximum Gasteiger partial charge on any atom is 0.306 e. The van der Waals surface area contributed by atoms with Crippen LogP contribution in [0.15, 0.2) is 0 Å². The number of hydrogen-bond donors (Lipinski definition) is 0. The number of carbonyl (C=O) groups excluding carboxylic acids is 3. The minimum absolute atomic E-state index is 0.0383. The van der Waals surface area contributed by atoms with E-state index in [4.69, 9.17) is 19.5 Å². The van der Waals surface area contributed by atoms with Crippen molar-refractivity contribution in [2.24, 2.45) is 35.5 Å². The maximum absolute atomic E-state index is 12.4. The average molecular weight is 776 g/mol. The van der Waals surface area contributed by atoms with Gasteiger partial charge < -0.3 is 14.2 Å². The van der Waals surface area contributed by atoms with Crippen LogP contribution >= 0.6 is 0 Å². The summed E-state index contributed by atoms with van der Waals surface area (Å²) in [6.07, 6.45) is 26.1. The molecule has 0 fully saturated rings. The fourth-order valence-corrected chi connectivity index (χ4v) is 7.38. The highest BCUT2D eigenvalue weighted by molar-refractivity contribution is 5.70. The summed E-state index contributed by atoms with van der Waals surface area (Å²) in [5, 5.41) is 8.82. The van der Waals surface area contributed by atoms with E-state index in [1.165, 1.54) is 25.7 Å². The molecule has 322 valence electrons. The fourth-order valence-electron chi connectivity index (χ4n) is 7.38. The van der Waals surface area contributed by atoms with Crippen molar-refractivity contribution < 1.29 is 28.6 Å². The molecule has 0 saturated carbocycles. The molecule has 0 N–H and O–H groups in total. The van der Waals surface area contributed by atoms with Gasteiger partial charge in [0.15, 0.2) is 0 Å². The zero-order chi connectivity index (χ0) is 41.1. The van der Waals surface area contributed by atoms with Crippen molar-refractivity contribution in [2.75, 3.05) is 13.2 Å². The van der Waals surface area contributed by atoms with E-state index in [9.17, 15) is 14.4 Å². The molecule has 0 amide bonds. The zero-order valence-electron chi connectivity index (χ0n) is 37.4. The first-order valence-electron chi connectivity index (χ1n) is 23.2. The van der Waals surface area contributed by atoms with Gasteiger partial charge in [-0.25, -0.2) is 0 Å². The predicted molar refractivity (Wildman–Crippen MR) is 228 cm³/mol. The maximum atomic E-state index is 12.4. The Kier molecular flexibility index (Phi) is 34.9. The van der Waals surface area contributed by atoms with Crippen LogP contribution in [0, 0.1) is 46.8 Å². The molecule has 0 aromatic heterocycles. The van der Waals surface area contributed by atoms with Crippen LogP contribution in [0.25, 0.3) is 0 Å². The van der Waals surface area contributed by atoms with Gasteiger partial charge in [-0.05, 0) is 106 Å². The lowest BCUT2D eigenvalue weighted by atomic mass is 9.86. The summed E-state index contributed by atoms with van der Waals surface area (Å²) in [6.45, 7) is 19.3. The normalized spacial score (nSPS) is 13.3. The second-order valence-electron chi connectivity index (χ2n) is 18.1. The van der Waals surface area contributed by atoms with E-state index in [0.717, 1.165) is 116 Å². The molecule has 0 rings (SSSR count). The Hall–Kier alpha value is -2.10. The van der Waals surface area contributed by atoms with Crippen molar-refractivity contribution in [1.29, 1.82) is 5.26 Å². The van der Waals surface area contributed by atoms with E-state index in [0.29, 0.717) is 80.8 Å². The molecule has 0 aromatic carbocycles. The monoisotopic (exact) mass is 776 g/mol. The number of esters is 3. The SMILES string of the molecule is CC(C)CCC(CCOC(=O)CCCCCCCCCC(CCCCCCCCCC(=O)OCCC(CCC(C)C)C(C)C)OC(=O)CCCC#N)C(C)C. The van der Waals surface area contributed by atoms with Gasteiger partial charge in [-0.3, -0.25) is 14.4 Å². The second kappa shape index (κ2) is 36.3. The van der Waals surface area contributed by atoms with Gasteiger partial charge in [-0.1, -0.05) is 132 Å². The predicted octanol–water partition coefficient (Wildman–Crippen LogP) is 13.9. The molecular formula is C48H89NO6. The first-order valence-corrected chi connectivity index (χ1v) is 23.2. The van der Waals surface area contributed by atoms with E-state index >= 15 is 0 Å². The van der Waals surface area contributed by atoms with E-state index < -0.39 is 0 Å². The van der Waals surface area contributed by atoms with Crippen molar-refractivity contribution in [3.63, 3.8) is 0 Å². The van der Waals surface area contributed by atoms with Crippen LogP contribution in [0.2, 0.25) is 0 Å². The van der Waals surface area contributed by atoms with Crippen LogP contribution in [0.4, 0.5) is 0 Å². The number of nitrogens with zero attached hydrogens (tertiary/aromatic N) is 1. The Bertz CT molecular complexity index is 910. The van der Waals surface area contributed by atoms with Crippen molar-refractivity contribution in [2.45, 2.75) is 235 Å². The summed E-state index contributed by atoms with van der Waals surface area (Å²) in [7, 11) is 0. The lowest BCUT2D eigenvalue weighted by molar-refractivity contribution is -0.150. The molecule has 0 aliphatic rings. The molecule has 0 aliphatic heterocycles. The quantitative estimate of drug-likeness (QED) is 0.0349. The van der Waals surface area contributed by atoms with Crippen molar-refractivity contribution in [3.8, 4) is 6.07 Å². The van der Waals surface area contributed by atoms with Crippen LogP contribution in [-0.2, 0) is 28.6 Å². The molecule has 0 bridgehead atoms. The second-order valence-corrected chi connectivity index (χ2v) is 18.1. The van der Waals surface area contributed by atoms with Crippen molar-refractivity contribution >= 4 is 17.9 Å². The lowest BCUT2D eigenvalue weighted by Crippen LogP contribution is -2.18. The summed E-state index contributed by atoms with van der Waals surface area (Å²) < 4.78 is 17.0. The summed E-state index contributed by atoms with van der Waals surface area (Å²) >= 11 is 0. The summed E-state index contributed by atoms with van der Waals surface area (Å²) in [5.74, 6) is 3.66. The molecule has 0 saturated heterocycles. The van der Waals surface area contributed by atoms with Gasteiger partial charge in [-0.2, -0.15) is 5.26 Å². The Morgan fingerprint density at radius 1 is 0.436 bits per heavy atom. The number of nitriles is 1. The van der Waals surface area contributed by atoms with E-state index in [-0.39, 0.29) is 24.0 Å². The van der Waals surface area contributed by atoms with E-state index in [1.807, 2.05) is 0 Å². The van der Waals surface area contributed by atoms with Gasteiger partial charge in [0, 0.05) is 25.7 Å². The van der Waals surface area contributed by atoms with Gasteiger partial charge in [-0.15, -0.1) is 0 Å². The first-order chi connectivity index (χ1) is 26.3. The summed E-state index contributed by atoms with van der Waals surface area (Å²) in [6, 6.07) is 2.11. The van der Waals surface area contributed by atoms with Crippen molar-refractivity contribution in [1.82, 2.24) is 0 Å². The number of unbranched alkanes of at least 4 members (excludes halogenated alkanes) is 13. The molecule has 0 aromatic rings. The number of hydrogen-bond acceptors (Lipinski definition) is 7. The third kappa shape index (κ3) is 34.8. The number of ether oxygens (including phenoxy) is 3. The Morgan fingerprint density at radius 2 is 0.800 bits per heavy atom. The average Bonchev–Trinajstić information content (AvgIpc) is 3.12. The minimum Gasteiger partial charge on any atom is -0.466 e. The highest BCUT2D eigenvalue weighted by Gasteiger charge is 2.17. The molecular weight excluding hydrogens is 687 g/mol. The minimum atomic E-state index is -0.172. The number of rotatable bonds is 38. The lowest BCUT2D eigenvalue weighted by Gasteiger charge is -2.21. The highest BCUT2D eigenvalue weighted by Crippen LogP contribution is 2.25. The standard InChI is InChI=1S/C48H89NO6/c1-39(2)30-32-43(41(5)6)34-37-53-46(50)27-21-17-13-9-11-15-19-25-45(55-48(52)29-23-24-36-49)26-20-16-12-10-14-18-22-28-47(51)54-38-35-44(42(7)8)33-31-40(3)4/h39-45H,9-35,37-38H2,1-8H3. The van der Waals surface area contributed by atoms with Crippen molar-refractivity contribution in [3.05, 3.63) is 0 Å². The molecule has 0 spiro atoms. The first kappa shape index (κ1) is 52.9. The molecule has 0 radical (unpaired) electrons. The Labute approximate surface area is 340 Å². The van der Waals surface area contributed by atoms with Gasteiger partial charge in [0.1, 0.15) is 6.10 Å². The zero-order valence-corrected chi connectivity index (χ0v) is 37.4. The van der Waals surface area contributed by atoms with E-state index in [1.54, 1.807) is 0 Å². The van der Waals surface area contributed by atoms with Crippen LogP contribution < -0.4 is 0 Å². The third-order valence-electron chi connectivity index (χ3n) is 11.4. The van der Waals surface area contributed by atoms with Crippen LogP contribution in [-0.4, -0.2) is 37.2 Å². The molecule has 7 nitrogen and oxygen atoms in total. The Morgan fingerprint density at radius 3 is 1.16 bits per heavy atom. The number of carbonyl (C=O) groups is 3. The molecule has 7 heteroatoms. The molecule has 2 atom stereocenters. The van der Waals surface area contributed by atoms with Gasteiger partial charge in [0.05, 0.1) is 19.3 Å². The highest BCUT2D eigenvalue weighted by atomic mass is 16.5. The molecule has 0 aliphatic carbocycles. The smallest absolute Gasteiger partial charge is 0.306 e. The summed E-state index contributed by atoms with van der Waals surface area (Å²) in [4.78, 5) is 36.9. The summed E-state index contributed by atoms with van der Waals surface area (Å²) in [5.41, 5.74) is 0. The van der Waals surface area contributed by atoms with Gasteiger partial charge in [0.25, 0.3) is 0 Å².